The van der Waals surface area contributed by atoms with E-state index in [0.717, 1.165) is 42.4 Å². The minimum Gasteiger partial charge on any atom is -0.489 e. The molecule has 0 aliphatic carbocycles. The van der Waals surface area contributed by atoms with Crippen molar-refractivity contribution in [3.63, 3.8) is 0 Å². The van der Waals surface area contributed by atoms with E-state index in [2.05, 4.69) is 10.3 Å². The smallest absolute Gasteiger partial charge is 0.270 e. The van der Waals surface area contributed by atoms with Gasteiger partial charge in [0, 0.05) is 30.2 Å². The largest absolute Gasteiger partial charge is 0.489 e. The molecule has 162 valence electrons. The minimum atomic E-state index is -0.731. The van der Waals surface area contributed by atoms with Crippen LogP contribution in [0.3, 0.4) is 0 Å². The van der Waals surface area contributed by atoms with Crippen molar-refractivity contribution in [3.8, 4) is 16.3 Å². The third kappa shape index (κ3) is 5.05. The van der Waals surface area contributed by atoms with Gasteiger partial charge in [-0.25, -0.2) is 18.2 Å². The summed E-state index contributed by atoms with van der Waals surface area (Å²) >= 11 is 1.14. The molecule has 3 aromatic rings. The van der Waals surface area contributed by atoms with Gasteiger partial charge in [-0.1, -0.05) is 6.07 Å². The molecule has 1 aliphatic heterocycles. The molecule has 1 fully saturated rings. The Morgan fingerprint density at radius 1 is 1.19 bits per heavy atom. The first-order valence-corrected chi connectivity index (χ1v) is 10.6. The number of amides is 1. The van der Waals surface area contributed by atoms with Crippen LogP contribution in [0.4, 0.5) is 13.2 Å². The van der Waals surface area contributed by atoms with Gasteiger partial charge in [0.05, 0.1) is 11.7 Å². The number of carbonyl (C=O) groups excluding carboxylic acids is 1. The number of thiazole rings is 1. The Labute approximate surface area is 180 Å². The highest BCUT2D eigenvalue weighted by molar-refractivity contribution is 7.13. The number of carbonyl (C=O) groups is 1. The van der Waals surface area contributed by atoms with Crippen LogP contribution < -0.4 is 10.1 Å². The summed E-state index contributed by atoms with van der Waals surface area (Å²) in [6.45, 7) is 0.744. The molecule has 31 heavy (non-hydrogen) atoms. The highest BCUT2D eigenvalue weighted by Gasteiger charge is 2.19. The summed E-state index contributed by atoms with van der Waals surface area (Å²) in [6, 6.07) is 7.57. The normalized spacial score (nSPS) is 15.8. The molecule has 2 aromatic carbocycles. The topological polar surface area (TPSA) is 60.5 Å². The highest BCUT2D eigenvalue weighted by atomic mass is 32.1. The van der Waals surface area contributed by atoms with Gasteiger partial charge in [0.25, 0.3) is 5.91 Å². The second-order valence-electron chi connectivity index (χ2n) is 7.01. The molecule has 0 spiro atoms. The molecule has 1 atom stereocenters. The number of aromatic nitrogens is 1. The van der Waals surface area contributed by atoms with E-state index in [0.29, 0.717) is 18.2 Å². The number of ether oxygens (including phenoxy) is 2. The van der Waals surface area contributed by atoms with Gasteiger partial charge in [0.1, 0.15) is 40.5 Å². The van der Waals surface area contributed by atoms with Crippen LogP contribution >= 0.6 is 11.3 Å². The fourth-order valence-corrected chi connectivity index (χ4v) is 4.02. The van der Waals surface area contributed by atoms with Crippen LogP contribution in [-0.2, 0) is 11.3 Å². The molecule has 1 N–H and O–H groups in total. The van der Waals surface area contributed by atoms with E-state index in [1.54, 1.807) is 5.38 Å². The first kappa shape index (κ1) is 21.3. The van der Waals surface area contributed by atoms with E-state index in [1.807, 2.05) is 0 Å². The van der Waals surface area contributed by atoms with Crippen LogP contribution in [0.25, 0.3) is 10.6 Å². The van der Waals surface area contributed by atoms with Gasteiger partial charge in [-0.05, 0) is 37.1 Å². The molecule has 4 rings (SSSR count). The predicted octanol–water partition coefficient (Wildman–Crippen LogP) is 4.72. The van der Waals surface area contributed by atoms with Crippen molar-refractivity contribution in [1.29, 1.82) is 0 Å². The highest BCUT2D eigenvalue weighted by Crippen LogP contribution is 2.29. The van der Waals surface area contributed by atoms with E-state index >= 15 is 0 Å². The van der Waals surface area contributed by atoms with Crippen molar-refractivity contribution in [2.75, 3.05) is 13.2 Å². The SMILES string of the molecule is O=C(NCC1CCCO1)c1csc(-c2ccc(OCc3c(F)cccc3F)cc2F)n1. The average Bonchev–Trinajstić information content (AvgIpc) is 3.44. The maximum Gasteiger partial charge on any atom is 0.270 e. The molecule has 0 bridgehead atoms. The number of nitrogens with one attached hydrogen (secondary N) is 1. The number of rotatable bonds is 7. The molecule has 1 aromatic heterocycles. The molecule has 2 heterocycles. The summed E-state index contributed by atoms with van der Waals surface area (Å²) in [6.07, 6.45) is 1.91. The summed E-state index contributed by atoms with van der Waals surface area (Å²) in [5.41, 5.74) is 0.172. The fourth-order valence-electron chi connectivity index (χ4n) is 3.19. The number of nitrogens with zero attached hydrogens (tertiary/aromatic N) is 1. The third-order valence-electron chi connectivity index (χ3n) is 4.87. The monoisotopic (exact) mass is 448 g/mol. The predicted molar refractivity (Wildman–Crippen MR) is 110 cm³/mol. The van der Waals surface area contributed by atoms with Crippen LogP contribution in [0.15, 0.2) is 41.8 Å². The maximum absolute atomic E-state index is 14.6. The molecular weight excluding hydrogens is 429 g/mol. The molecule has 1 amide bonds. The van der Waals surface area contributed by atoms with Crippen LogP contribution in [-0.4, -0.2) is 30.1 Å². The molecule has 1 unspecified atom stereocenters. The summed E-state index contributed by atoms with van der Waals surface area (Å²) in [5, 5.41) is 4.68. The quantitative estimate of drug-likeness (QED) is 0.569. The van der Waals surface area contributed by atoms with Crippen LogP contribution in [0.1, 0.15) is 28.9 Å². The molecule has 1 saturated heterocycles. The minimum absolute atomic E-state index is 0.0184. The summed E-state index contributed by atoms with van der Waals surface area (Å²) in [5.74, 6) is -2.30. The lowest BCUT2D eigenvalue weighted by Crippen LogP contribution is -2.31. The third-order valence-corrected chi connectivity index (χ3v) is 5.74. The van der Waals surface area contributed by atoms with Gasteiger partial charge >= 0.3 is 0 Å². The molecule has 0 radical (unpaired) electrons. The zero-order chi connectivity index (χ0) is 21.8. The van der Waals surface area contributed by atoms with Crippen LogP contribution in [0.5, 0.6) is 5.75 Å². The Morgan fingerprint density at radius 3 is 2.71 bits per heavy atom. The van der Waals surface area contributed by atoms with E-state index in [-0.39, 0.29) is 41.2 Å². The Kier molecular flexibility index (Phi) is 6.53. The number of halogens is 3. The molecule has 1 aliphatic rings. The molecule has 5 nitrogen and oxygen atoms in total. The molecule has 0 saturated carbocycles. The first-order valence-electron chi connectivity index (χ1n) is 9.72. The zero-order valence-electron chi connectivity index (χ0n) is 16.4. The van der Waals surface area contributed by atoms with Gasteiger partial charge in [-0.3, -0.25) is 4.79 Å². The van der Waals surface area contributed by atoms with E-state index in [1.165, 1.54) is 18.2 Å². The Hall–Kier alpha value is -2.91. The lowest BCUT2D eigenvalue weighted by molar-refractivity contribution is 0.0854. The van der Waals surface area contributed by atoms with Gasteiger partial charge in [-0.2, -0.15) is 0 Å². The van der Waals surface area contributed by atoms with E-state index < -0.39 is 17.5 Å². The van der Waals surface area contributed by atoms with Gasteiger partial charge in [0.2, 0.25) is 0 Å². The second kappa shape index (κ2) is 9.49. The number of benzene rings is 2. The van der Waals surface area contributed by atoms with Crippen LogP contribution in [0.2, 0.25) is 0 Å². The van der Waals surface area contributed by atoms with E-state index in [9.17, 15) is 18.0 Å². The standard InChI is InChI=1S/C22H19F3N2O3S/c23-17-4-1-5-18(24)16(17)11-30-13-6-7-15(19(25)9-13)22-27-20(12-31-22)21(28)26-10-14-3-2-8-29-14/h1,4-7,9,12,14H,2-3,8,10-11H2,(H,26,28). The van der Waals surface area contributed by atoms with Crippen molar-refractivity contribution in [3.05, 3.63) is 70.5 Å². The van der Waals surface area contributed by atoms with Gasteiger partial charge < -0.3 is 14.8 Å². The van der Waals surface area contributed by atoms with E-state index in [4.69, 9.17) is 9.47 Å². The lowest BCUT2D eigenvalue weighted by atomic mass is 10.2. The fraction of sp³-hybridized carbons (Fsp3) is 0.273. The van der Waals surface area contributed by atoms with Gasteiger partial charge in [0.15, 0.2) is 0 Å². The van der Waals surface area contributed by atoms with Crippen molar-refractivity contribution < 1.29 is 27.4 Å². The average molecular weight is 448 g/mol. The zero-order valence-corrected chi connectivity index (χ0v) is 17.2. The number of hydrogen-bond acceptors (Lipinski definition) is 5. The lowest BCUT2D eigenvalue weighted by Gasteiger charge is -2.09. The van der Waals surface area contributed by atoms with Crippen molar-refractivity contribution in [2.45, 2.75) is 25.6 Å². The van der Waals surface area contributed by atoms with Crippen molar-refractivity contribution >= 4 is 17.2 Å². The Balaban J connectivity index is 1.40. The molecule has 9 heteroatoms. The second-order valence-corrected chi connectivity index (χ2v) is 7.87. The number of hydrogen-bond donors (Lipinski definition) is 1. The maximum atomic E-state index is 14.6. The van der Waals surface area contributed by atoms with Gasteiger partial charge in [-0.15, -0.1) is 11.3 Å². The Morgan fingerprint density at radius 2 is 2.00 bits per heavy atom. The molecular formula is C22H19F3N2O3S. The van der Waals surface area contributed by atoms with Crippen molar-refractivity contribution in [2.24, 2.45) is 0 Å². The Bertz CT molecular complexity index is 1060. The van der Waals surface area contributed by atoms with Crippen LogP contribution in [0, 0.1) is 17.5 Å². The summed E-state index contributed by atoms with van der Waals surface area (Å²) < 4.78 is 52.8. The summed E-state index contributed by atoms with van der Waals surface area (Å²) in [7, 11) is 0. The summed E-state index contributed by atoms with van der Waals surface area (Å²) in [4.78, 5) is 16.5. The van der Waals surface area contributed by atoms with Crippen molar-refractivity contribution in [1.82, 2.24) is 10.3 Å². The first-order chi connectivity index (χ1) is 15.0.